The van der Waals surface area contributed by atoms with Crippen molar-refractivity contribution in [1.82, 2.24) is 24.1 Å². The summed E-state index contributed by atoms with van der Waals surface area (Å²) in [6, 6.07) is 84.8. The molecule has 0 aliphatic rings. The number of rotatable bonds is 6. The van der Waals surface area contributed by atoms with Crippen LogP contribution in [0.4, 0.5) is 0 Å². The third kappa shape index (κ3) is 6.06. The zero-order valence-corrected chi connectivity index (χ0v) is 36.8. The second-order valence-electron chi connectivity index (χ2n) is 17.6. The van der Waals surface area contributed by atoms with Gasteiger partial charge in [-0.25, -0.2) is 15.0 Å². The first kappa shape index (κ1) is 38.1. The summed E-state index contributed by atoms with van der Waals surface area (Å²) in [5, 5.41) is 11.9. The van der Waals surface area contributed by atoms with Crippen molar-refractivity contribution in [3.8, 4) is 56.7 Å². The molecule has 0 N–H and O–H groups in total. The van der Waals surface area contributed by atoms with E-state index in [0.717, 1.165) is 61.0 Å². The van der Waals surface area contributed by atoms with Crippen molar-refractivity contribution in [3.05, 3.63) is 237 Å². The molecule has 0 bridgehead atoms. The maximum Gasteiger partial charge on any atom is 0.164 e. The number of hydrogen-bond donors (Lipinski definition) is 0. The second-order valence-corrected chi connectivity index (χ2v) is 17.6. The largest absolute Gasteiger partial charge is 0.309 e. The number of para-hydroxylation sites is 1. The first-order valence-electron chi connectivity index (χ1n) is 23.1. The topological polar surface area (TPSA) is 48.5 Å². The Morgan fingerprint density at radius 1 is 0.250 bits per heavy atom. The standard InChI is InChI=1S/C63H39N5/c1-3-16-40(17-4-1)43-24-15-25-47(34-43)62-64-61(42-19-5-2-6-20-42)65-63(66-62)48-35-46-23-10-11-26-50(46)57(38-48)68-58-37-45-22-8-7-21-44(45)36-55(58)53-33-31-49(39-59(53)68)67-56-29-14-13-28-52(56)54-32-30-41-18-9-12-27-51(41)60(54)67/h1-39H. The van der Waals surface area contributed by atoms with Gasteiger partial charge in [-0.3, -0.25) is 0 Å². The molecule has 0 aliphatic heterocycles. The van der Waals surface area contributed by atoms with Gasteiger partial charge in [0, 0.05) is 54.7 Å². The summed E-state index contributed by atoms with van der Waals surface area (Å²) >= 11 is 0. The molecule has 0 saturated heterocycles. The Balaban J connectivity index is 1.05. The highest BCUT2D eigenvalue weighted by molar-refractivity contribution is 6.19. The molecule has 316 valence electrons. The van der Waals surface area contributed by atoms with E-state index in [1.807, 2.05) is 24.3 Å². The molecule has 0 fully saturated rings. The molecular formula is C63H39N5. The van der Waals surface area contributed by atoms with Crippen LogP contribution in [-0.4, -0.2) is 24.1 Å². The minimum absolute atomic E-state index is 0.607. The number of nitrogens with zero attached hydrogens (tertiary/aromatic N) is 5. The molecule has 0 atom stereocenters. The van der Waals surface area contributed by atoms with Crippen LogP contribution in [0.25, 0.3) is 133 Å². The maximum absolute atomic E-state index is 5.32. The fourth-order valence-corrected chi connectivity index (χ4v) is 10.5. The Bertz CT molecular complexity index is 4320. The summed E-state index contributed by atoms with van der Waals surface area (Å²) in [5.74, 6) is 1.85. The van der Waals surface area contributed by atoms with E-state index in [1.54, 1.807) is 0 Å². The van der Waals surface area contributed by atoms with E-state index in [0.29, 0.717) is 17.5 Å². The summed E-state index contributed by atoms with van der Waals surface area (Å²) in [6.07, 6.45) is 0. The fourth-order valence-electron chi connectivity index (χ4n) is 10.5. The molecule has 3 heterocycles. The molecule has 14 rings (SSSR count). The molecule has 68 heavy (non-hydrogen) atoms. The van der Waals surface area contributed by atoms with Crippen LogP contribution in [0.3, 0.4) is 0 Å². The third-order valence-corrected chi connectivity index (χ3v) is 13.7. The summed E-state index contributed by atoms with van der Waals surface area (Å²) < 4.78 is 4.94. The van der Waals surface area contributed by atoms with Gasteiger partial charge in [0.15, 0.2) is 17.5 Å². The minimum Gasteiger partial charge on any atom is -0.309 e. The Labute approximate surface area is 391 Å². The van der Waals surface area contributed by atoms with E-state index in [2.05, 4.69) is 221 Å². The van der Waals surface area contributed by atoms with Crippen LogP contribution >= 0.6 is 0 Å². The maximum atomic E-state index is 5.32. The van der Waals surface area contributed by atoms with E-state index < -0.39 is 0 Å². The molecule has 14 aromatic rings. The molecule has 0 amide bonds. The van der Waals surface area contributed by atoms with Crippen LogP contribution in [0.15, 0.2) is 237 Å². The summed E-state index contributed by atoms with van der Waals surface area (Å²) in [4.78, 5) is 15.7. The first-order valence-corrected chi connectivity index (χ1v) is 23.1. The smallest absolute Gasteiger partial charge is 0.164 e. The van der Waals surface area contributed by atoms with Crippen molar-refractivity contribution in [2.45, 2.75) is 0 Å². The van der Waals surface area contributed by atoms with Crippen molar-refractivity contribution in [3.63, 3.8) is 0 Å². The number of aromatic nitrogens is 5. The van der Waals surface area contributed by atoms with Gasteiger partial charge in [-0.15, -0.1) is 0 Å². The van der Waals surface area contributed by atoms with E-state index in [9.17, 15) is 0 Å². The molecule has 5 nitrogen and oxygen atoms in total. The summed E-state index contributed by atoms with van der Waals surface area (Å²) in [6.45, 7) is 0. The zero-order chi connectivity index (χ0) is 44.7. The van der Waals surface area contributed by atoms with E-state index in [-0.39, 0.29) is 0 Å². The van der Waals surface area contributed by atoms with Crippen molar-refractivity contribution in [2.24, 2.45) is 0 Å². The van der Waals surface area contributed by atoms with Crippen molar-refractivity contribution >= 4 is 75.9 Å². The number of fused-ring (bicyclic) bond motifs is 10. The van der Waals surface area contributed by atoms with Crippen LogP contribution in [-0.2, 0) is 0 Å². The molecule has 11 aromatic carbocycles. The van der Waals surface area contributed by atoms with E-state index >= 15 is 0 Å². The lowest BCUT2D eigenvalue weighted by atomic mass is 10.0. The molecular weight excluding hydrogens is 827 g/mol. The second kappa shape index (κ2) is 15.2. The van der Waals surface area contributed by atoms with Crippen LogP contribution in [0, 0.1) is 0 Å². The van der Waals surface area contributed by atoms with Gasteiger partial charge in [0.2, 0.25) is 0 Å². The van der Waals surface area contributed by atoms with E-state index in [4.69, 9.17) is 15.0 Å². The summed E-state index contributed by atoms with van der Waals surface area (Å²) in [7, 11) is 0. The van der Waals surface area contributed by atoms with Gasteiger partial charge in [0.25, 0.3) is 0 Å². The van der Waals surface area contributed by atoms with Crippen molar-refractivity contribution < 1.29 is 0 Å². The highest BCUT2D eigenvalue weighted by Gasteiger charge is 2.21. The molecule has 3 aromatic heterocycles. The molecule has 5 heteroatoms. The lowest BCUT2D eigenvalue weighted by molar-refractivity contribution is 1.07. The number of hydrogen-bond acceptors (Lipinski definition) is 3. The van der Waals surface area contributed by atoms with Crippen LogP contribution in [0.2, 0.25) is 0 Å². The number of benzene rings is 11. The van der Waals surface area contributed by atoms with Gasteiger partial charge in [-0.2, -0.15) is 0 Å². The Morgan fingerprint density at radius 3 is 1.60 bits per heavy atom. The fraction of sp³-hybridized carbons (Fsp3) is 0. The summed E-state index contributed by atoms with van der Waals surface area (Å²) in [5.41, 5.74) is 11.8. The van der Waals surface area contributed by atoms with Gasteiger partial charge < -0.3 is 9.13 Å². The van der Waals surface area contributed by atoms with Crippen LogP contribution in [0.1, 0.15) is 0 Å². The quantitative estimate of drug-likeness (QED) is 0.167. The lowest BCUT2D eigenvalue weighted by Gasteiger charge is -2.16. The molecule has 0 radical (unpaired) electrons. The Hall–Kier alpha value is -9.19. The molecule has 0 spiro atoms. The van der Waals surface area contributed by atoms with Crippen molar-refractivity contribution in [1.29, 1.82) is 0 Å². The monoisotopic (exact) mass is 865 g/mol. The predicted molar refractivity (Wildman–Crippen MR) is 283 cm³/mol. The minimum atomic E-state index is 0.607. The average Bonchev–Trinajstić information content (AvgIpc) is 3.92. The lowest BCUT2D eigenvalue weighted by Crippen LogP contribution is -2.02. The van der Waals surface area contributed by atoms with E-state index in [1.165, 1.54) is 54.1 Å². The van der Waals surface area contributed by atoms with Crippen LogP contribution in [0.5, 0.6) is 0 Å². The van der Waals surface area contributed by atoms with Gasteiger partial charge in [0.05, 0.1) is 27.8 Å². The average molecular weight is 866 g/mol. The zero-order valence-electron chi connectivity index (χ0n) is 36.8. The van der Waals surface area contributed by atoms with Gasteiger partial charge in [-0.1, -0.05) is 188 Å². The SMILES string of the molecule is c1ccc(-c2cccc(-c3nc(-c4ccccc4)nc(-c4cc(-n5c6cc(-n7c8ccccc8c8ccc9ccccc9c87)ccc6c6cc7ccccc7cc65)c5ccccc5c4)n3)c2)cc1. The normalized spacial score (nSPS) is 11.8. The van der Waals surface area contributed by atoms with Gasteiger partial charge in [0.1, 0.15) is 0 Å². The van der Waals surface area contributed by atoms with Crippen molar-refractivity contribution in [2.75, 3.05) is 0 Å². The Morgan fingerprint density at radius 2 is 0.809 bits per heavy atom. The molecule has 0 saturated carbocycles. The highest BCUT2D eigenvalue weighted by Crippen LogP contribution is 2.42. The molecule has 0 aliphatic carbocycles. The van der Waals surface area contributed by atoms with Crippen LogP contribution < -0.4 is 0 Å². The predicted octanol–water partition coefficient (Wildman–Crippen LogP) is 16.2. The molecule has 0 unspecified atom stereocenters. The highest BCUT2D eigenvalue weighted by atomic mass is 15.0. The Kier molecular flexibility index (Phi) is 8.52. The first-order chi connectivity index (χ1) is 33.7. The van der Waals surface area contributed by atoms with Gasteiger partial charge >= 0.3 is 0 Å². The third-order valence-electron chi connectivity index (χ3n) is 13.7. The van der Waals surface area contributed by atoms with Gasteiger partial charge in [-0.05, 0) is 81.2 Å².